The lowest BCUT2D eigenvalue weighted by molar-refractivity contribution is -0.181. The second-order valence-corrected chi connectivity index (χ2v) is 15.9. The van der Waals surface area contributed by atoms with E-state index in [1.54, 1.807) is 0 Å². The molecule has 2 amide bonds. The summed E-state index contributed by atoms with van der Waals surface area (Å²) in [4.78, 5) is 38.1. The molecule has 0 unspecified atom stereocenters. The number of nitrogens with one attached hydrogen (secondary N) is 2. The lowest BCUT2D eigenvalue weighted by atomic mass is 9.93. The van der Waals surface area contributed by atoms with E-state index in [9.17, 15) is 29.7 Å². The fourth-order valence-electron chi connectivity index (χ4n) is 7.32. The highest BCUT2D eigenvalue weighted by Gasteiger charge is 2.46. The molecule has 1 saturated heterocycles. The first-order chi connectivity index (χ1) is 26.1. The highest BCUT2D eigenvalue weighted by molar-refractivity contribution is 5.88. The van der Waals surface area contributed by atoms with E-state index in [0.29, 0.717) is 0 Å². The van der Waals surface area contributed by atoms with Crippen molar-refractivity contribution in [3.63, 3.8) is 0 Å². The number of hydrogen-bond donors (Lipinski definition) is 6. The Balaban J connectivity index is 2.73. The molecule has 11 heteroatoms. The van der Waals surface area contributed by atoms with Crippen molar-refractivity contribution < 1.29 is 44.3 Å². The summed E-state index contributed by atoms with van der Waals surface area (Å²) in [6.07, 6.45) is 25.2. The molecular weight excluding hydrogens is 688 g/mol. The normalized spacial score (nSPS) is 19.6. The number of aliphatic carboxylic acids is 1. The van der Waals surface area contributed by atoms with Gasteiger partial charge in [0, 0.05) is 18.9 Å². The number of ether oxygens (including phenoxy) is 2. The molecule has 54 heavy (non-hydrogen) atoms. The fraction of sp³-hybridized carbons (Fsp3) is 0.930. The molecule has 1 aliphatic rings. The van der Waals surface area contributed by atoms with Crippen LogP contribution in [0.2, 0.25) is 0 Å². The van der Waals surface area contributed by atoms with E-state index in [-0.39, 0.29) is 37.8 Å². The lowest BCUT2D eigenvalue weighted by Gasteiger charge is -2.24. The summed E-state index contributed by atoms with van der Waals surface area (Å²) in [7, 11) is 0. The van der Waals surface area contributed by atoms with E-state index < -0.39 is 48.6 Å². The summed E-state index contributed by atoms with van der Waals surface area (Å²) in [5, 5.41) is 45.2. The van der Waals surface area contributed by atoms with Crippen LogP contribution < -0.4 is 10.6 Å². The zero-order valence-electron chi connectivity index (χ0n) is 34.6. The number of carbonyl (C=O) groups is 3. The van der Waals surface area contributed by atoms with E-state index >= 15 is 0 Å². The molecule has 1 rings (SSSR count). The third-order valence-electron chi connectivity index (χ3n) is 10.8. The van der Waals surface area contributed by atoms with Crippen LogP contribution in [-0.2, 0) is 23.9 Å². The topological polar surface area (TPSA) is 175 Å². The maximum Gasteiger partial charge on any atom is 0.303 e. The Labute approximate surface area is 328 Å². The summed E-state index contributed by atoms with van der Waals surface area (Å²) >= 11 is 0. The number of carboxylic acids is 1. The number of hydrogen-bond acceptors (Lipinski definition) is 8. The molecule has 0 spiro atoms. The zero-order chi connectivity index (χ0) is 39.8. The van der Waals surface area contributed by atoms with Crippen molar-refractivity contribution in [2.45, 2.75) is 237 Å². The van der Waals surface area contributed by atoms with Crippen LogP contribution >= 0.6 is 0 Å². The fourth-order valence-corrected chi connectivity index (χ4v) is 7.32. The summed E-state index contributed by atoms with van der Waals surface area (Å²) in [6.45, 7) is 5.71. The second-order valence-electron chi connectivity index (χ2n) is 15.9. The van der Waals surface area contributed by atoms with E-state index in [0.717, 1.165) is 51.4 Å². The second kappa shape index (κ2) is 33.4. The van der Waals surface area contributed by atoms with E-state index in [1.807, 2.05) is 0 Å². The highest BCUT2D eigenvalue weighted by atomic mass is 16.7. The number of rotatable bonds is 37. The van der Waals surface area contributed by atoms with Crippen LogP contribution in [0, 0.1) is 5.92 Å². The van der Waals surface area contributed by atoms with Crippen molar-refractivity contribution in [3.05, 3.63) is 0 Å². The van der Waals surface area contributed by atoms with Gasteiger partial charge in [0.25, 0.3) is 0 Å². The van der Waals surface area contributed by atoms with Crippen molar-refractivity contribution in [2.75, 3.05) is 13.2 Å². The molecule has 0 aromatic heterocycles. The van der Waals surface area contributed by atoms with Gasteiger partial charge < -0.3 is 40.5 Å². The molecule has 1 heterocycles. The number of aliphatic hydroxyl groups is 3. The van der Waals surface area contributed by atoms with Crippen molar-refractivity contribution >= 4 is 17.8 Å². The molecule has 6 N–H and O–H groups in total. The predicted octanol–water partition coefficient (Wildman–Crippen LogP) is 8.09. The zero-order valence-corrected chi connectivity index (χ0v) is 34.6. The molecule has 0 saturated carbocycles. The first-order valence-corrected chi connectivity index (χ1v) is 22.2. The smallest absolute Gasteiger partial charge is 0.303 e. The molecule has 0 aliphatic carbocycles. The third-order valence-corrected chi connectivity index (χ3v) is 10.8. The summed E-state index contributed by atoms with van der Waals surface area (Å²) in [5.74, 6) is -1.96. The largest absolute Gasteiger partial charge is 0.481 e. The average molecular weight is 771 g/mol. The molecular formula is C43H82N2O9. The van der Waals surface area contributed by atoms with Gasteiger partial charge in [-0.1, -0.05) is 168 Å². The van der Waals surface area contributed by atoms with Crippen LogP contribution in [0.4, 0.5) is 0 Å². The molecule has 0 aromatic rings. The lowest BCUT2D eigenvalue weighted by Crippen LogP contribution is -2.52. The van der Waals surface area contributed by atoms with Crippen LogP contribution in [0.5, 0.6) is 0 Å². The van der Waals surface area contributed by atoms with Crippen molar-refractivity contribution in [2.24, 2.45) is 5.92 Å². The minimum absolute atomic E-state index is 0.102. The van der Waals surface area contributed by atoms with Gasteiger partial charge in [-0.15, -0.1) is 0 Å². The van der Waals surface area contributed by atoms with E-state index in [2.05, 4.69) is 24.5 Å². The number of carbonyl (C=O) groups excluding carboxylic acids is 2. The maximum absolute atomic E-state index is 13.8. The van der Waals surface area contributed by atoms with Crippen LogP contribution in [0.1, 0.15) is 201 Å². The number of aliphatic hydroxyl groups excluding tert-OH is 3. The van der Waals surface area contributed by atoms with Gasteiger partial charge in [0.15, 0.2) is 6.29 Å². The Morgan fingerprint density at radius 2 is 1.06 bits per heavy atom. The minimum atomic E-state index is -1.44. The van der Waals surface area contributed by atoms with E-state index in [4.69, 9.17) is 14.6 Å². The maximum atomic E-state index is 13.8. The number of carboxylic acid groups (broad SMARTS) is 1. The average Bonchev–Trinajstić information content (AvgIpc) is 3.43. The molecule has 1 aliphatic heterocycles. The number of amides is 2. The van der Waals surface area contributed by atoms with Gasteiger partial charge >= 0.3 is 5.97 Å². The van der Waals surface area contributed by atoms with Gasteiger partial charge in [-0.05, 0) is 26.2 Å². The SMILES string of the molecule is CCCCCCCCCCCCCCC(CCCCCCCCCCCCCC)C(=O)N[C@@H](CO[C@@H]1O[C@H]([C@H](C)O)[C@@H](O)[C@@H]1O)C(=O)NCCCC(=O)O. The summed E-state index contributed by atoms with van der Waals surface area (Å²) < 4.78 is 11.2. The molecule has 0 radical (unpaired) electrons. The first kappa shape index (κ1) is 50.2. The Hall–Kier alpha value is -1.79. The predicted molar refractivity (Wildman–Crippen MR) is 215 cm³/mol. The van der Waals surface area contributed by atoms with Crippen molar-refractivity contribution in [3.8, 4) is 0 Å². The Kier molecular flexibility index (Phi) is 31.0. The summed E-state index contributed by atoms with van der Waals surface area (Å²) in [5.41, 5.74) is 0. The standard InChI is InChI=1S/C43H82N2O9/c1-4-6-8-10-12-14-16-18-20-22-24-26-29-35(30-27-25-23-21-19-17-15-13-11-9-7-5-2)41(51)45-36(42(52)44-32-28-31-37(47)48)33-53-43-39(50)38(49)40(54-43)34(3)46/h34-36,38-40,43,46,49-50H,4-33H2,1-3H3,(H,44,52)(H,45,51)(H,47,48)/t34-,36-,38-,39-,40+,43+/m0/s1. The van der Waals surface area contributed by atoms with Crippen LogP contribution in [-0.4, -0.2) is 88.1 Å². The van der Waals surface area contributed by atoms with Gasteiger partial charge in [-0.3, -0.25) is 14.4 Å². The van der Waals surface area contributed by atoms with Gasteiger partial charge in [-0.25, -0.2) is 0 Å². The summed E-state index contributed by atoms with van der Waals surface area (Å²) in [6, 6.07) is -1.12. The molecule has 0 aromatic carbocycles. The van der Waals surface area contributed by atoms with Crippen molar-refractivity contribution in [1.29, 1.82) is 0 Å². The van der Waals surface area contributed by atoms with Crippen molar-refractivity contribution in [1.82, 2.24) is 10.6 Å². The quantitative estimate of drug-likeness (QED) is 0.0341. The van der Waals surface area contributed by atoms with Gasteiger partial charge in [-0.2, -0.15) is 0 Å². The van der Waals surface area contributed by atoms with Crippen LogP contribution in [0.3, 0.4) is 0 Å². The van der Waals surface area contributed by atoms with Gasteiger partial charge in [0.1, 0.15) is 24.4 Å². The molecule has 1 fully saturated rings. The Morgan fingerprint density at radius 1 is 0.630 bits per heavy atom. The van der Waals surface area contributed by atoms with E-state index in [1.165, 1.54) is 122 Å². The molecule has 6 atom stereocenters. The van der Waals surface area contributed by atoms with Crippen LogP contribution in [0.15, 0.2) is 0 Å². The Bertz CT molecular complexity index is 909. The highest BCUT2D eigenvalue weighted by Crippen LogP contribution is 2.25. The minimum Gasteiger partial charge on any atom is -0.481 e. The van der Waals surface area contributed by atoms with Gasteiger partial charge in [0.2, 0.25) is 11.8 Å². The molecule has 11 nitrogen and oxygen atoms in total. The Morgan fingerprint density at radius 3 is 1.44 bits per heavy atom. The van der Waals surface area contributed by atoms with Gasteiger partial charge in [0.05, 0.1) is 12.7 Å². The first-order valence-electron chi connectivity index (χ1n) is 22.2. The number of unbranched alkanes of at least 4 members (excludes halogenated alkanes) is 22. The monoisotopic (exact) mass is 771 g/mol. The molecule has 0 bridgehead atoms. The van der Waals surface area contributed by atoms with Crippen LogP contribution in [0.25, 0.3) is 0 Å². The third kappa shape index (κ3) is 24.7. The molecule has 318 valence electrons.